The summed E-state index contributed by atoms with van der Waals surface area (Å²) in [6, 6.07) is 50.5. The largest absolute Gasteiger partial charge is 0.457 e. The van der Waals surface area contributed by atoms with Gasteiger partial charge in [-0.15, -0.1) is 0 Å². The van der Waals surface area contributed by atoms with Crippen LogP contribution in [0.3, 0.4) is 0 Å². The van der Waals surface area contributed by atoms with Gasteiger partial charge >= 0.3 is 0 Å². The molecule has 0 unspecified atom stereocenters. The van der Waals surface area contributed by atoms with Crippen LogP contribution in [-0.4, -0.2) is 14.1 Å². The Bertz CT molecular complexity index is 3070. The number of aromatic nitrogens is 4. The maximum absolute atomic E-state index is 7.09. The maximum atomic E-state index is 7.09. The first kappa shape index (κ1) is 40.0. The molecule has 5 nitrogen and oxygen atoms in total. The average Bonchev–Trinajstić information content (AvgIpc) is 3.79. The van der Waals surface area contributed by atoms with Crippen molar-refractivity contribution in [2.75, 3.05) is 0 Å². The van der Waals surface area contributed by atoms with Crippen molar-refractivity contribution in [2.45, 2.75) is 91.9 Å². The van der Waals surface area contributed by atoms with Crippen LogP contribution in [0.1, 0.15) is 103 Å². The fourth-order valence-electron chi connectivity index (χ4n) is 9.04. The van der Waals surface area contributed by atoms with E-state index in [1.807, 2.05) is 6.20 Å². The zero-order valence-corrected chi connectivity index (χ0v) is 37.3. The highest BCUT2D eigenvalue weighted by molar-refractivity contribution is 6.09. The minimum Gasteiger partial charge on any atom is -0.457 e. The molecule has 3 heterocycles. The van der Waals surface area contributed by atoms with E-state index in [0.717, 1.165) is 56.0 Å². The van der Waals surface area contributed by atoms with Gasteiger partial charge in [0.1, 0.15) is 28.7 Å². The minimum atomic E-state index is -0.0419. The Hall–Kier alpha value is -6.46. The fraction of sp³-hybridized carbons (Fsp3) is 0.250. The molecule has 5 heteroatoms. The molecular weight excluding hydrogens is 745 g/mol. The Morgan fingerprint density at radius 3 is 1.97 bits per heavy atom. The molecule has 9 rings (SSSR count). The van der Waals surface area contributed by atoms with Gasteiger partial charge in [0.25, 0.3) is 6.33 Å². The second kappa shape index (κ2) is 15.2. The molecule has 306 valence electrons. The Labute approximate surface area is 360 Å². The summed E-state index contributed by atoms with van der Waals surface area (Å²) < 4.78 is 14.0. The number of fused-ring (bicyclic) bond motifs is 4. The number of imidazole rings is 1. The molecule has 61 heavy (non-hydrogen) atoms. The molecule has 0 aliphatic carbocycles. The SMILES string of the molecule is CC(C)c1cccc(C(C)C)c1-c1cc(Oc2ccc3c4ccccc4n(-c4cc(C(C)(C)C)ccn4)c3c2)cc(-[n+]2cn(-c3ccccc3C(C)(C)C)c3ccccc32)c1. The zero-order valence-electron chi connectivity index (χ0n) is 37.3. The quantitative estimate of drug-likeness (QED) is 0.144. The smallest absolute Gasteiger partial charge is 0.255 e. The van der Waals surface area contributed by atoms with Crippen LogP contribution >= 0.6 is 0 Å². The fourth-order valence-corrected chi connectivity index (χ4v) is 9.04. The lowest BCUT2D eigenvalue weighted by molar-refractivity contribution is -0.567. The number of pyridine rings is 1. The van der Waals surface area contributed by atoms with Crippen LogP contribution in [0, 0.1) is 0 Å². The third-order valence-electron chi connectivity index (χ3n) is 12.2. The Morgan fingerprint density at radius 1 is 0.574 bits per heavy atom. The third-order valence-corrected chi connectivity index (χ3v) is 12.2. The van der Waals surface area contributed by atoms with E-state index in [1.165, 1.54) is 38.9 Å². The van der Waals surface area contributed by atoms with Crippen molar-refractivity contribution in [3.05, 3.63) is 174 Å². The van der Waals surface area contributed by atoms with Gasteiger partial charge in [0.15, 0.2) is 11.0 Å². The summed E-state index contributed by atoms with van der Waals surface area (Å²) in [6.07, 6.45) is 4.18. The first-order valence-electron chi connectivity index (χ1n) is 21.8. The summed E-state index contributed by atoms with van der Waals surface area (Å²) in [4.78, 5) is 4.93. The summed E-state index contributed by atoms with van der Waals surface area (Å²) in [5, 5.41) is 2.34. The van der Waals surface area contributed by atoms with E-state index in [4.69, 9.17) is 9.72 Å². The van der Waals surface area contributed by atoms with Crippen molar-refractivity contribution in [1.29, 1.82) is 0 Å². The number of rotatable bonds is 8. The molecule has 0 fully saturated rings. The van der Waals surface area contributed by atoms with Crippen molar-refractivity contribution < 1.29 is 9.30 Å². The molecule has 3 aromatic heterocycles. The number of hydrogen-bond donors (Lipinski definition) is 0. The van der Waals surface area contributed by atoms with Gasteiger partial charge in [-0.05, 0) is 111 Å². The van der Waals surface area contributed by atoms with E-state index in [0.29, 0.717) is 11.8 Å². The summed E-state index contributed by atoms with van der Waals surface area (Å²) in [7, 11) is 0. The van der Waals surface area contributed by atoms with Crippen LogP contribution in [0.15, 0.2) is 152 Å². The highest BCUT2D eigenvalue weighted by Crippen LogP contribution is 2.41. The Balaban J connectivity index is 1.26. The molecule has 0 aliphatic rings. The van der Waals surface area contributed by atoms with Gasteiger partial charge in [-0.25, -0.2) is 4.98 Å². The highest BCUT2D eigenvalue weighted by Gasteiger charge is 2.27. The molecule has 0 amide bonds. The minimum absolute atomic E-state index is 0.0165. The molecule has 6 aromatic carbocycles. The van der Waals surface area contributed by atoms with Crippen molar-refractivity contribution >= 4 is 32.8 Å². The van der Waals surface area contributed by atoms with Crippen molar-refractivity contribution in [3.63, 3.8) is 0 Å². The van der Waals surface area contributed by atoms with Gasteiger partial charge in [0.05, 0.1) is 11.0 Å². The molecule has 0 saturated carbocycles. The predicted octanol–water partition coefficient (Wildman–Crippen LogP) is 14.7. The Morgan fingerprint density at radius 2 is 1.25 bits per heavy atom. The van der Waals surface area contributed by atoms with Gasteiger partial charge in [-0.2, -0.15) is 9.13 Å². The number of benzene rings is 6. The summed E-state index contributed by atoms with van der Waals surface area (Å²) in [5.41, 5.74) is 14.2. The van der Waals surface area contributed by atoms with Crippen molar-refractivity contribution in [1.82, 2.24) is 14.1 Å². The van der Waals surface area contributed by atoms with Crippen LogP contribution in [-0.2, 0) is 10.8 Å². The molecule has 0 radical (unpaired) electrons. The van der Waals surface area contributed by atoms with Gasteiger partial charge in [-0.3, -0.25) is 4.57 Å². The van der Waals surface area contributed by atoms with Gasteiger partial charge < -0.3 is 4.74 Å². The standard InChI is InChI=1S/C56H57N4O/c1-36(2)43-19-17-20-44(37(3)4)54(43)38-30-40(58-35-59(51-25-16-15-24-50(51)58)49-23-14-12-21-47(49)56(8,9)10)33-42(31-38)61-41-26-27-46-45-18-11-13-22-48(45)60(52(46)34-41)53-32-39(28-29-57-53)55(5,6)7/h11-37H,1-10H3/q+1. The van der Waals surface area contributed by atoms with E-state index < -0.39 is 0 Å². The second-order valence-corrected chi connectivity index (χ2v) is 19.2. The van der Waals surface area contributed by atoms with E-state index in [9.17, 15) is 0 Å². The number of hydrogen-bond acceptors (Lipinski definition) is 2. The van der Waals surface area contributed by atoms with E-state index in [2.05, 4.69) is 229 Å². The molecular formula is C56H57N4O+. The van der Waals surface area contributed by atoms with Gasteiger partial charge in [0.2, 0.25) is 0 Å². The highest BCUT2D eigenvalue weighted by atomic mass is 16.5. The lowest BCUT2D eigenvalue weighted by atomic mass is 9.85. The predicted molar refractivity (Wildman–Crippen MR) is 254 cm³/mol. The molecule has 0 aliphatic heterocycles. The molecule has 0 spiro atoms. The van der Waals surface area contributed by atoms with Crippen molar-refractivity contribution in [3.8, 4) is 39.8 Å². The maximum Gasteiger partial charge on any atom is 0.255 e. The lowest BCUT2D eigenvalue weighted by Gasteiger charge is -2.21. The van der Waals surface area contributed by atoms with Crippen LogP contribution in [0.4, 0.5) is 0 Å². The van der Waals surface area contributed by atoms with Crippen LogP contribution in [0.5, 0.6) is 11.5 Å². The second-order valence-electron chi connectivity index (χ2n) is 19.2. The van der Waals surface area contributed by atoms with Crippen LogP contribution in [0.2, 0.25) is 0 Å². The van der Waals surface area contributed by atoms with E-state index in [1.54, 1.807) is 0 Å². The summed E-state index contributed by atoms with van der Waals surface area (Å²) in [5.74, 6) is 3.10. The monoisotopic (exact) mass is 801 g/mol. The average molecular weight is 802 g/mol. The van der Waals surface area contributed by atoms with E-state index in [-0.39, 0.29) is 10.8 Å². The first-order chi connectivity index (χ1) is 29.2. The lowest BCUT2D eigenvalue weighted by Crippen LogP contribution is -2.29. The van der Waals surface area contributed by atoms with E-state index >= 15 is 0 Å². The molecule has 0 saturated heterocycles. The number of nitrogens with zero attached hydrogens (tertiary/aromatic N) is 4. The normalized spacial score (nSPS) is 12.4. The number of ether oxygens (including phenoxy) is 1. The van der Waals surface area contributed by atoms with Gasteiger partial charge in [-0.1, -0.05) is 136 Å². The van der Waals surface area contributed by atoms with Crippen LogP contribution in [0.25, 0.3) is 61.2 Å². The van der Waals surface area contributed by atoms with Crippen LogP contribution < -0.4 is 9.30 Å². The molecule has 9 aromatic rings. The summed E-state index contributed by atoms with van der Waals surface area (Å²) in [6.45, 7) is 22.8. The molecule has 0 N–H and O–H groups in total. The Kier molecular flexibility index (Phi) is 9.97. The first-order valence-corrected chi connectivity index (χ1v) is 21.8. The number of para-hydroxylation sites is 4. The van der Waals surface area contributed by atoms with Crippen molar-refractivity contribution in [2.24, 2.45) is 0 Å². The zero-order chi connectivity index (χ0) is 42.8. The summed E-state index contributed by atoms with van der Waals surface area (Å²) >= 11 is 0. The molecule has 0 bridgehead atoms. The third kappa shape index (κ3) is 7.30. The molecule has 0 atom stereocenters. The topological polar surface area (TPSA) is 35.9 Å². The van der Waals surface area contributed by atoms with Gasteiger partial charge in [0, 0.05) is 34.7 Å².